The summed E-state index contributed by atoms with van der Waals surface area (Å²) in [6, 6.07) is 0. The zero-order valence-electron chi connectivity index (χ0n) is 11.3. The highest BCUT2D eigenvalue weighted by molar-refractivity contribution is 5.73. The normalized spacial score (nSPS) is 33.6. The van der Waals surface area contributed by atoms with E-state index >= 15 is 0 Å². The molecular weight excluding hydrogens is 214 g/mol. The van der Waals surface area contributed by atoms with Gasteiger partial charge >= 0.3 is 5.97 Å². The Labute approximate surface area is 104 Å². The lowest BCUT2D eigenvalue weighted by Crippen LogP contribution is -2.32. The maximum Gasteiger partial charge on any atom is 0.310 e. The summed E-state index contributed by atoms with van der Waals surface area (Å²) in [6.45, 7) is 8.45. The van der Waals surface area contributed by atoms with Gasteiger partial charge in [0.2, 0.25) is 0 Å². The molecule has 1 aliphatic heterocycles. The van der Waals surface area contributed by atoms with E-state index in [2.05, 4.69) is 26.1 Å². The van der Waals surface area contributed by atoms with Crippen LogP contribution in [0, 0.1) is 17.3 Å². The highest BCUT2D eigenvalue weighted by atomic mass is 16.5. The molecule has 2 atom stereocenters. The van der Waals surface area contributed by atoms with Crippen LogP contribution in [0.5, 0.6) is 0 Å². The van der Waals surface area contributed by atoms with Crippen molar-refractivity contribution in [3.8, 4) is 0 Å². The van der Waals surface area contributed by atoms with Crippen molar-refractivity contribution in [2.45, 2.75) is 52.6 Å². The van der Waals surface area contributed by atoms with E-state index < -0.39 is 0 Å². The number of carbonyl (C=O) groups excluding carboxylic acids is 1. The van der Waals surface area contributed by atoms with Crippen LogP contribution < -0.4 is 5.32 Å². The van der Waals surface area contributed by atoms with Gasteiger partial charge in [-0.2, -0.15) is 0 Å². The first-order chi connectivity index (χ1) is 7.98. The van der Waals surface area contributed by atoms with Crippen molar-refractivity contribution in [3.63, 3.8) is 0 Å². The number of ether oxygens (including phenoxy) is 1. The number of rotatable bonds is 2. The summed E-state index contributed by atoms with van der Waals surface area (Å²) in [5, 5.41) is 3.25. The van der Waals surface area contributed by atoms with Crippen LogP contribution in [0.1, 0.15) is 46.5 Å². The second-order valence-corrected chi connectivity index (χ2v) is 6.54. The minimum atomic E-state index is 0.0206. The minimum Gasteiger partial charge on any atom is -0.462 e. The average Bonchev–Trinajstić information content (AvgIpc) is 2.68. The predicted molar refractivity (Wildman–Crippen MR) is 67.7 cm³/mol. The second kappa shape index (κ2) is 4.97. The van der Waals surface area contributed by atoms with Crippen molar-refractivity contribution in [1.82, 2.24) is 5.32 Å². The van der Waals surface area contributed by atoms with Crippen LogP contribution >= 0.6 is 0 Å². The van der Waals surface area contributed by atoms with E-state index in [0.717, 1.165) is 25.9 Å². The fourth-order valence-electron chi connectivity index (χ4n) is 2.87. The Morgan fingerprint density at radius 2 is 1.88 bits per heavy atom. The van der Waals surface area contributed by atoms with Gasteiger partial charge in [0.25, 0.3) is 0 Å². The van der Waals surface area contributed by atoms with Gasteiger partial charge in [-0.3, -0.25) is 4.79 Å². The predicted octanol–water partition coefficient (Wildman–Crippen LogP) is 2.35. The van der Waals surface area contributed by atoms with Crippen LogP contribution in [0.4, 0.5) is 0 Å². The van der Waals surface area contributed by atoms with E-state index in [1.165, 1.54) is 12.8 Å². The third-order valence-corrected chi connectivity index (χ3v) is 4.39. The SMILES string of the molecule is CC1CNCC1C(=O)OC1CCC(C)(C)CC1. The molecule has 98 valence electrons. The summed E-state index contributed by atoms with van der Waals surface area (Å²) in [7, 11) is 0. The number of nitrogens with one attached hydrogen (secondary N) is 1. The van der Waals surface area contributed by atoms with E-state index in [9.17, 15) is 4.79 Å². The number of carbonyl (C=O) groups is 1. The van der Waals surface area contributed by atoms with Gasteiger partial charge in [0.1, 0.15) is 6.10 Å². The van der Waals surface area contributed by atoms with Crippen LogP contribution in [-0.2, 0) is 9.53 Å². The zero-order valence-corrected chi connectivity index (χ0v) is 11.3. The van der Waals surface area contributed by atoms with Gasteiger partial charge in [-0.15, -0.1) is 0 Å². The molecule has 1 aliphatic carbocycles. The van der Waals surface area contributed by atoms with Crippen LogP contribution in [0.15, 0.2) is 0 Å². The van der Waals surface area contributed by atoms with Crippen molar-refractivity contribution in [1.29, 1.82) is 0 Å². The summed E-state index contributed by atoms with van der Waals surface area (Å²) >= 11 is 0. The van der Waals surface area contributed by atoms with Gasteiger partial charge in [0.15, 0.2) is 0 Å². The molecule has 0 amide bonds. The number of esters is 1. The van der Waals surface area contributed by atoms with Crippen LogP contribution in [-0.4, -0.2) is 25.2 Å². The maximum absolute atomic E-state index is 12.0. The lowest BCUT2D eigenvalue weighted by molar-refractivity contribution is -0.157. The van der Waals surface area contributed by atoms with Crippen molar-refractivity contribution >= 4 is 5.97 Å². The molecule has 0 bridgehead atoms. The standard InChI is InChI=1S/C14H25NO2/c1-10-8-15-9-12(10)13(16)17-11-4-6-14(2,3)7-5-11/h10-12,15H,4-9H2,1-3H3. The molecule has 3 nitrogen and oxygen atoms in total. The highest BCUT2D eigenvalue weighted by Crippen LogP contribution is 2.36. The summed E-state index contributed by atoms with van der Waals surface area (Å²) < 4.78 is 5.66. The fraction of sp³-hybridized carbons (Fsp3) is 0.929. The Bertz CT molecular complexity index is 278. The van der Waals surface area contributed by atoms with E-state index in [-0.39, 0.29) is 18.0 Å². The minimum absolute atomic E-state index is 0.0206. The molecule has 17 heavy (non-hydrogen) atoms. The molecule has 1 saturated heterocycles. The first-order valence-corrected chi connectivity index (χ1v) is 6.89. The lowest BCUT2D eigenvalue weighted by Gasteiger charge is -2.34. The summed E-state index contributed by atoms with van der Waals surface area (Å²) in [4.78, 5) is 12.0. The van der Waals surface area contributed by atoms with Gasteiger partial charge in [0, 0.05) is 6.54 Å². The summed E-state index contributed by atoms with van der Waals surface area (Å²) in [5.74, 6) is 0.514. The molecule has 0 radical (unpaired) electrons. The molecule has 3 heteroatoms. The van der Waals surface area contributed by atoms with Crippen LogP contribution in [0.3, 0.4) is 0 Å². The quantitative estimate of drug-likeness (QED) is 0.752. The first-order valence-electron chi connectivity index (χ1n) is 6.89. The van der Waals surface area contributed by atoms with E-state index in [1.807, 2.05) is 0 Å². The summed E-state index contributed by atoms with van der Waals surface area (Å²) in [5.41, 5.74) is 0.436. The van der Waals surface area contributed by atoms with Gasteiger partial charge in [-0.1, -0.05) is 20.8 Å². The lowest BCUT2D eigenvalue weighted by atomic mass is 9.76. The Morgan fingerprint density at radius 1 is 1.24 bits per heavy atom. The molecule has 0 aromatic carbocycles. The largest absolute Gasteiger partial charge is 0.462 e. The molecule has 2 unspecified atom stereocenters. The third-order valence-electron chi connectivity index (χ3n) is 4.39. The topological polar surface area (TPSA) is 38.3 Å². The Morgan fingerprint density at radius 3 is 2.41 bits per heavy atom. The zero-order chi connectivity index (χ0) is 12.5. The molecule has 2 aliphatic rings. The second-order valence-electron chi connectivity index (χ2n) is 6.54. The fourth-order valence-corrected chi connectivity index (χ4v) is 2.87. The monoisotopic (exact) mass is 239 g/mol. The van der Waals surface area contributed by atoms with Gasteiger partial charge in [-0.25, -0.2) is 0 Å². The Kier molecular flexibility index (Phi) is 3.76. The highest BCUT2D eigenvalue weighted by Gasteiger charge is 2.34. The van der Waals surface area contributed by atoms with Gasteiger partial charge in [-0.05, 0) is 43.6 Å². The van der Waals surface area contributed by atoms with Crippen molar-refractivity contribution in [2.24, 2.45) is 17.3 Å². The molecular formula is C14H25NO2. The smallest absolute Gasteiger partial charge is 0.310 e. The molecule has 2 fully saturated rings. The van der Waals surface area contributed by atoms with E-state index in [1.54, 1.807) is 0 Å². The van der Waals surface area contributed by atoms with E-state index in [4.69, 9.17) is 4.74 Å². The molecule has 1 heterocycles. The van der Waals surface area contributed by atoms with Crippen LogP contribution in [0.2, 0.25) is 0 Å². The van der Waals surface area contributed by atoms with E-state index in [0.29, 0.717) is 11.3 Å². The first kappa shape index (κ1) is 12.9. The summed E-state index contributed by atoms with van der Waals surface area (Å²) in [6.07, 6.45) is 4.58. The molecule has 2 rings (SSSR count). The van der Waals surface area contributed by atoms with Gasteiger partial charge in [0.05, 0.1) is 5.92 Å². The molecule has 1 saturated carbocycles. The average molecular weight is 239 g/mol. The molecule has 0 aromatic rings. The number of hydrogen-bond acceptors (Lipinski definition) is 3. The van der Waals surface area contributed by atoms with Crippen molar-refractivity contribution < 1.29 is 9.53 Å². The Hall–Kier alpha value is -0.570. The van der Waals surface area contributed by atoms with Crippen LogP contribution in [0.25, 0.3) is 0 Å². The van der Waals surface area contributed by atoms with Gasteiger partial charge < -0.3 is 10.1 Å². The molecule has 0 aromatic heterocycles. The number of hydrogen-bond donors (Lipinski definition) is 1. The molecule has 0 spiro atoms. The molecule has 1 N–H and O–H groups in total. The Balaban J connectivity index is 1.80. The van der Waals surface area contributed by atoms with Crippen molar-refractivity contribution in [3.05, 3.63) is 0 Å². The third kappa shape index (κ3) is 3.21. The maximum atomic E-state index is 12.0. The van der Waals surface area contributed by atoms with Crippen molar-refractivity contribution in [2.75, 3.05) is 13.1 Å².